The summed E-state index contributed by atoms with van der Waals surface area (Å²) >= 11 is 0. The molecule has 0 bridgehead atoms. The van der Waals surface area contributed by atoms with Gasteiger partial charge in [0.05, 0.1) is 36.0 Å². The predicted octanol–water partition coefficient (Wildman–Crippen LogP) is 1.18. The molecule has 1 amide bonds. The highest BCUT2D eigenvalue weighted by atomic mass is 16.5. The van der Waals surface area contributed by atoms with Crippen LogP contribution in [-0.2, 0) is 9.47 Å². The van der Waals surface area contributed by atoms with Gasteiger partial charge in [-0.05, 0) is 25.0 Å². The van der Waals surface area contributed by atoms with Crippen molar-refractivity contribution in [3.8, 4) is 0 Å². The number of nitrogens with one attached hydrogen (secondary N) is 1. The number of fused-ring (bicyclic) bond motifs is 1. The summed E-state index contributed by atoms with van der Waals surface area (Å²) in [6.45, 7) is 3.11. The molecule has 0 saturated carbocycles. The molecular weight excluding hydrogens is 270 g/mol. The average Bonchev–Trinajstić information content (AvgIpc) is 2.93. The Labute approximate surface area is 123 Å². The lowest BCUT2D eigenvalue weighted by molar-refractivity contribution is -0.0349. The first-order chi connectivity index (χ1) is 10.2. The van der Waals surface area contributed by atoms with Crippen LogP contribution in [0.1, 0.15) is 22.3 Å². The molecule has 21 heavy (non-hydrogen) atoms. The number of aromatic nitrogens is 2. The maximum Gasteiger partial charge on any atom is 0.255 e. The average molecular weight is 289 g/mol. The van der Waals surface area contributed by atoms with Gasteiger partial charge in [0.2, 0.25) is 0 Å². The van der Waals surface area contributed by atoms with Crippen molar-refractivity contribution in [2.75, 3.05) is 20.3 Å². The van der Waals surface area contributed by atoms with Crippen molar-refractivity contribution in [1.82, 2.24) is 14.9 Å². The first-order valence-corrected chi connectivity index (χ1v) is 7.05. The van der Waals surface area contributed by atoms with E-state index in [0.717, 1.165) is 17.5 Å². The highest BCUT2D eigenvalue weighted by Crippen LogP contribution is 2.17. The fourth-order valence-corrected chi connectivity index (χ4v) is 2.76. The summed E-state index contributed by atoms with van der Waals surface area (Å²) in [6, 6.07) is 3.75. The maximum atomic E-state index is 12.5. The number of hydrogen-bond donors (Lipinski definition) is 1. The quantitative estimate of drug-likeness (QED) is 0.921. The monoisotopic (exact) mass is 289 g/mol. The van der Waals surface area contributed by atoms with Crippen LogP contribution >= 0.6 is 0 Å². The van der Waals surface area contributed by atoms with Gasteiger partial charge in [0.25, 0.3) is 5.91 Å². The number of hydrogen-bond acceptors (Lipinski definition) is 4. The van der Waals surface area contributed by atoms with Gasteiger partial charge >= 0.3 is 0 Å². The molecule has 3 rings (SSSR count). The number of rotatable bonds is 3. The third-order valence-electron chi connectivity index (χ3n) is 3.90. The zero-order valence-electron chi connectivity index (χ0n) is 12.2. The molecule has 0 radical (unpaired) electrons. The standard InChI is InChI=1S/C15H19N3O3/c1-10-4-3-6-18-14(10)11(8-16-18)15(19)17-12-9-21-7-5-13(12)20-2/h3-4,6,8,12-13H,5,7,9H2,1-2H3,(H,17,19)/t12-,13-/m1/s1. The second-order valence-corrected chi connectivity index (χ2v) is 5.26. The summed E-state index contributed by atoms with van der Waals surface area (Å²) in [4.78, 5) is 12.5. The minimum absolute atomic E-state index is 0.00867. The number of nitrogens with zero attached hydrogens (tertiary/aromatic N) is 2. The van der Waals surface area contributed by atoms with Crippen LogP contribution in [0.3, 0.4) is 0 Å². The minimum atomic E-state index is -0.142. The molecule has 1 N–H and O–H groups in total. The van der Waals surface area contributed by atoms with Crippen molar-refractivity contribution >= 4 is 11.4 Å². The summed E-state index contributed by atoms with van der Waals surface area (Å²) in [6.07, 6.45) is 4.21. The normalized spacial score (nSPS) is 22.4. The summed E-state index contributed by atoms with van der Waals surface area (Å²) in [5.74, 6) is -0.142. The number of carbonyl (C=O) groups excluding carboxylic acids is 1. The Kier molecular flexibility index (Phi) is 3.90. The van der Waals surface area contributed by atoms with E-state index >= 15 is 0 Å². The molecule has 2 aromatic rings. The molecule has 6 heteroatoms. The molecule has 1 fully saturated rings. The van der Waals surface area contributed by atoms with Gasteiger partial charge in [-0.15, -0.1) is 0 Å². The van der Waals surface area contributed by atoms with Crippen LogP contribution in [0.2, 0.25) is 0 Å². The van der Waals surface area contributed by atoms with Crippen LogP contribution in [0.25, 0.3) is 5.52 Å². The van der Waals surface area contributed by atoms with Crippen molar-refractivity contribution in [1.29, 1.82) is 0 Å². The molecule has 1 saturated heterocycles. The Morgan fingerprint density at radius 2 is 2.43 bits per heavy atom. The summed E-state index contributed by atoms with van der Waals surface area (Å²) in [7, 11) is 1.66. The Morgan fingerprint density at radius 3 is 3.24 bits per heavy atom. The molecule has 0 unspecified atom stereocenters. The molecule has 2 atom stereocenters. The Hall–Kier alpha value is -1.92. The summed E-state index contributed by atoms with van der Waals surface area (Å²) in [5.41, 5.74) is 2.43. The van der Waals surface area contributed by atoms with E-state index in [9.17, 15) is 4.79 Å². The van der Waals surface area contributed by atoms with E-state index in [1.54, 1.807) is 17.8 Å². The van der Waals surface area contributed by atoms with Crippen LogP contribution in [0, 0.1) is 6.92 Å². The van der Waals surface area contributed by atoms with Crippen molar-refractivity contribution in [3.63, 3.8) is 0 Å². The van der Waals surface area contributed by atoms with E-state index in [2.05, 4.69) is 10.4 Å². The van der Waals surface area contributed by atoms with Gasteiger partial charge in [0.15, 0.2) is 0 Å². The Balaban J connectivity index is 1.84. The third kappa shape index (κ3) is 2.64. The van der Waals surface area contributed by atoms with E-state index in [1.165, 1.54) is 0 Å². The lowest BCUT2D eigenvalue weighted by atomic mass is 10.1. The molecule has 1 aliphatic heterocycles. The second kappa shape index (κ2) is 5.83. The molecule has 0 spiro atoms. The van der Waals surface area contributed by atoms with Crippen molar-refractivity contribution in [3.05, 3.63) is 35.7 Å². The van der Waals surface area contributed by atoms with E-state index in [-0.39, 0.29) is 18.1 Å². The summed E-state index contributed by atoms with van der Waals surface area (Å²) < 4.78 is 12.6. The predicted molar refractivity (Wildman–Crippen MR) is 77.4 cm³/mol. The van der Waals surface area contributed by atoms with Crippen molar-refractivity contribution in [2.45, 2.75) is 25.5 Å². The van der Waals surface area contributed by atoms with Gasteiger partial charge in [-0.1, -0.05) is 6.07 Å². The van der Waals surface area contributed by atoms with Gasteiger partial charge in [-0.3, -0.25) is 4.79 Å². The van der Waals surface area contributed by atoms with Gasteiger partial charge in [0.1, 0.15) is 0 Å². The number of methoxy groups -OCH3 is 1. The van der Waals surface area contributed by atoms with Gasteiger partial charge in [-0.2, -0.15) is 5.10 Å². The van der Waals surface area contributed by atoms with Crippen LogP contribution in [-0.4, -0.2) is 48.0 Å². The topological polar surface area (TPSA) is 64.9 Å². The smallest absolute Gasteiger partial charge is 0.255 e. The Bertz CT molecular complexity index is 653. The largest absolute Gasteiger partial charge is 0.379 e. The lowest BCUT2D eigenvalue weighted by Crippen LogP contribution is -2.50. The lowest BCUT2D eigenvalue weighted by Gasteiger charge is -2.30. The Morgan fingerprint density at radius 1 is 1.57 bits per heavy atom. The van der Waals surface area contributed by atoms with Crippen molar-refractivity contribution < 1.29 is 14.3 Å². The zero-order chi connectivity index (χ0) is 14.8. The van der Waals surface area contributed by atoms with Crippen LogP contribution in [0.4, 0.5) is 0 Å². The second-order valence-electron chi connectivity index (χ2n) is 5.26. The first-order valence-electron chi connectivity index (χ1n) is 7.05. The zero-order valence-corrected chi connectivity index (χ0v) is 12.2. The molecular formula is C15H19N3O3. The van der Waals surface area contributed by atoms with Crippen LogP contribution in [0.5, 0.6) is 0 Å². The van der Waals surface area contributed by atoms with E-state index in [0.29, 0.717) is 18.8 Å². The van der Waals surface area contributed by atoms with E-state index in [4.69, 9.17) is 9.47 Å². The molecule has 3 heterocycles. The van der Waals surface area contributed by atoms with Gasteiger partial charge in [-0.25, -0.2) is 4.52 Å². The molecule has 112 valence electrons. The summed E-state index contributed by atoms with van der Waals surface area (Å²) in [5, 5.41) is 7.23. The number of aryl methyl sites for hydroxylation is 1. The van der Waals surface area contributed by atoms with E-state index in [1.807, 2.05) is 25.3 Å². The number of amides is 1. The molecule has 0 aromatic carbocycles. The fourth-order valence-electron chi connectivity index (χ4n) is 2.76. The van der Waals surface area contributed by atoms with Crippen molar-refractivity contribution in [2.24, 2.45) is 0 Å². The molecule has 0 aliphatic carbocycles. The maximum absolute atomic E-state index is 12.5. The van der Waals surface area contributed by atoms with Crippen LogP contribution < -0.4 is 5.32 Å². The fraction of sp³-hybridized carbons (Fsp3) is 0.467. The third-order valence-corrected chi connectivity index (χ3v) is 3.90. The molecule has 6 nitrogen and oxygen atoms in total. The molecule has 1 aliphatic rings. The van der Waals surface area contributed by atoms with E-state index < -0.39 is 0 Å². The number of ether oxygens (including phenoxy) is 2. The van der Waals surface area contributed by atoms with Gasteiger partial charge in [0, 0.05) is 19.9 Å². The first kappa shape index (κ1) is 14.0. The van der Waals surface area contributed by atoms with Gasteiger partial charge < -0.3 is 14.8 Å². The highest BCUT2D eigenvalue weighted by molar-refractivity contribution is 6.01. The number of pyridine rings is 1. The number of carbonyl (C=O) groups is 1. The SMILES string of the molecule is CO[C@@H]1CCOC[C@H]1NC(=O)c1cnn2cccc(C)c12. The molecule has 2 aromatic heterocycles. The minimum Gasteiger partial charge on any atom is -0.379 e. The van der Waals surface area contributed by atoms with Crippen LogP contribution in [0.15, 0.2) is 24.5 Å². The highest BCUT2D eigenvalue weighted by Gasteiger charge is 2.28.